The minimum atomic E-state index is -0.609. The molecule has 1 aliphatic rings. The molecule has 2 aromatic heterocycles. The Balaban J connectivity index is 0.00000552. The Hall–Kier alpha value is -3.76. The van der Waals surface area contributed by atoms with Gasteiger partial charge in [0.1, 0.15) is 28.5 Å². The number of hydrogen-bond acceptors (Lipinski definition) is 10. The Labute approximate surface area is 277 Å². The molecule has 1 aromatic carbocycles. The van der Waals surface area contributed by atoms with Gasteiger partial charge in [-0.2, -0.15) is 17.9 Å². The van der Waals surface area contributed by atoms with Crippen molar-refractivity contribution in [2.24, 2.45) is 0 Å². The number of pyridine rings is 1. The van der Waals surface area contributed by atoms with E-state index in [0.717, 1.165) is 58.1 Å². The van der Waals surface area contributed by atoms with Crippen LogP contribution < -0.4 is 11.1 Å². The first kappa shape index (κ1) is 35.7. The van der Waals surface area contributed by atoms with Gasteiger partial charge in [-0.3, -0.25) is 19.5 Å². The van der Waals surface area contributed by atoms with E-state index >= 15 is 0 Å². The van der Waals surface area contributed by atoms with Crippen molar-refractivity contribution in [2.75, 3.05) is 63.4 Å². The fourth-order valence-electron chi connectivity index (χ4n) is 5.21. The maximum Gasteiger partial charge on any atom is 0.223 e. The minimum absolute atomic E-state index is 0. The highest BCUT2D eigenvalue weighted by Crippen LogP contribution is 2.31. The molecule has 0 bridgehead atoms. The van der Waals surface area contributed by atoms with Crippen LogP contribution in [0.2, 0.25) is 0 Å². The zero-order valence-corrected chi connectivity index (χ0v) is 27.8. The van der Waals surface area contributed by atoms with Gasteiger partial charge in [-0.15, -0.1) is 12.4 Å². The number of amides is 2. The van der Waals surface area contributed by atoms with E-state index in [1.165, 1.54) is 6.92 Å². The number of aryl methyl sites for hydroxylation is 1. The number of carbonyl (C=O) groups excluding carboxylic acids is 2. The van der Waals surface area contributed by atoms with E-state index in [9.17, 15) is 14.9 Å². The van der Waals surface area contributed by atoms with Gasteiger partial charge < -0.3 is 20.9 Å². The molecular weight excluding hydrogens is 610 g/mol. The Bertz CT molecular complexity index is 1490. The molecule has 1 fully saturated rings. The van der Waals surface area contributed by atoms with Crippen LogP contribution in [0.25, 0.3) is 11.3 Å². The lowest BCUT2D eigenvalue weighted by molar-refractivity contribution is -0.133. The average Bonchev–Trinajstić information content (AvgIpc) is 3.04. The Morgan fingerprint density at radius 1 is 1.07 bits per heavy atom. The Morgan fingerprint density at radius 2 is 1.76 bits per heavy atom. The predicted molar refractivity (Wildman–Crippen MR) is 182 cm³/mol. The maximum absolute atomic E-state index is 13.0. The number of thiol groups is 1. The second-order valence-electron chi connectivity index (χ2n) is 10.8. The van der Waals surface area contributed by atoms with E-state index in [2.05, 4.69) is 45.0 Å². The van der Waals surface area contributed by atoms with E-state index < -0.39 is 5.25 Å². The zero-order chi connectivity index (χ0) is 31.6. The summed E-state index contributed by atoms with van der Waals surface area (Å²) >= 11 is 4.77. The Morgan fingerprint density at radius 3 is 2.38 bits per heavy atom. The number of hydrogen-bond donors (Lipinski definition) is 3. The summed E-state index contributed by atoms with van der Waals surface area (Å²) in [5.41, 5.74) is 9.39. The van der Waals surface area contributed by atoms with Crippen molar-refractivity contribution in [1.29, 1.82) is 5.26 Å². The minimum Gasteiger partial charge on any atom is -0.382 e. The number of likely N-dealkylation sites (N-methyl/N-ethyl adjacent to an activating group) is 1. The first-order valence-electron chi connectivity index (χ1n) is 15.0. The van der Waals surface area contributed by atoms with Crippen molar-refractivity contribution < 1.29 is 9.59 Å². The van der Waals surface area contributed by atoms with Crippen molar-refractivity contribution in [3.63, 3.8) is 0 Å². The second kappa shape index (κ2) is 17.1. The molecule has 0 aliphatic carbocycles. The topological polar surface area (TPSA) is 144 Å². The van der Waals surface area contributed by atoms with Gasteiger partial charge in [0.25, 0.3) is 0 Å². The summed E-state index contributed by atoms with van der Waals surface area (Å²) in [6.07, 6.45) is 0.893. The molecule has 13 heteroatoms. The quantitative estimate of drug-likeness (QED) is 0.249. The summed E-state index contributed by atoms with van der Waals surface area (Å²) < 4.78 is 0. The molecule has 0 saturated carbocycles. The van der Waals surface area contributed by atoms with Gasteiger partial charge in [0.05, 0.1) is 11.4 Å². The van der Waals surface area contributed by atoms with Crippen molar-refractivity contribution in [2.45, 2.75) is 38.9 Å². The molecule has 45 heavy (non-hydrogen) atoms. The zero-order valence-electron chi connectivity index (χ0n) is 26.1. The summed E-state index contributed by atoms with van der Waals surface area (Å²) in [7, 11) is 0. The number of rotatable bonds is 12. The number of benzene rings is 1. The van der Waals surface area contributed by atoms with Crippen LogP contribution in [-0.2, 0) is 16.0 Å². The molecule has 3 N–H and O–H groups in total. The van der Waals surface area contributed by atoms with Crippen LogP contribution in [0.4, 0.5) is 11.5 Å². The van der Waals surface area contributed by atoms with Gasteiger partial charge in [-0.1, -0.05) is 32.0 Å². The first-order valence-corrected chi connectivity index (χ1v) is 15.6. The lowest BCUT2D eigenvalue weighted by atomic mass is 10.1. The Kier molecular flexibility index (Phi) is 13.6. The predicted octanol–water partition coefficient (Wildman–Crippen LogP) is 3.81. The normalized spacial score (nSPS) is 14.0. The SMILES string of the molecule is CCN(CC)CCN1CCN(C(=O)CCc2cccc(C(S)c3nc(N)c(C#N)c(-c4ccc(NC(C)=O)cc4)n3)n2)CC1.Cl. The van der Waals surface area contributed by atoms with E-state index in [4.69, 9.17) is 23.3 Å². The van der Waals surface area contributed by atoms with Gasteiger partial charge in [0.15, 0.2) is 0 Å². The third kappa shape index (κ3) is 9.61. The van der Waals surface area contributed by atoms with E-state index in [1.54, 1.807) is 24.3 Å². The van der Waals surface area contributed by atoms with Crippen LogP contribution in [0, 0.1) is 11.3 Å². The summed E-state index contributed by atoms with van der Waals surface area (Å²) in [4.78, 5) is 45.0. The van der Waals surface area contributed by atoms with E-state index in [1.807, 2.05) is 23.1 Å². The summed E-state index contributed by atoms with van der Waals surface area (Å²) in [5, 5.41) is 11.9. The van der Waals surface area contributed by atoms with Gasteiger partial charge in [0.2, 0.25) is 11.8 Å². The number of carbonyl (C=O) groups is 2. The number of anilines is 2. The third-order valence-corrected chi connectivity index (χ3v) is 8.34. The molecule has 1 aliphatic heterocycles. The molecule has 3 aromatic rings. The van der Waals surface area contributed by atoms with Crippen LogP contribution in [0.3, 0.4) is 0 Å². The molecule has 240 valence electrons. The van der Waals surface area contributed by atoms with Crippen molar-refractivity contribution in [3.05, 3.63) is 65.2 Å². The standard InChI is InChI=1S/C32H41N9O2S.ClH/c1-4-39(5-2)15-16-40-17-19-41(20-18-40)28(43)14-13-24-7-6-8-27(36-24)30(44)32-37-29(26(21-33)31(34)38-32)23-9-11-25(12-10-23)35-22(3)42;/h6-12,30,44H,4-5,13-20H2,1-3H3,(H,35,42)(H2,34,37,38);1H. The van der Waals surface area contributed by atoms with Gasteiger partial charge in [0, 0.05) is 69.6 Å². The molecular formula is C32H42ClN9O2S. The molecule has 4 rings (SSSR count). The number of nitriles is 1. The summed E-state index contributed by atoms with van der Waals surface area (Å²) in [6, 6.07) is 14.7. The van der Waals surface area contributed by atoms with Crippen LogP contribution in [0.15, 0.2) is 42.5 Å². The number of nitrogens with one attached hydrogen (secondary N) is 1. The number of aromatic nitrogens is 3. The fourth-order valence-corrected chi connectivity index (χ4v) is 5.47. The van der Waals surface area contributed by atoms with Crippen LogP contribution in [0.1, 0.15) is 55.2 Å². The maximum atomic E-state index is 13.0. The number of piperazine rings is 1. The average molecular weight is 652 g/mol. The highest BCUT2D eigenvalue weighted by atomic mass is 35.5. The molecule has 11 nitrogen and oxygen atoms in total. The van der Waals surface area contributed by atoms with Crippen molar-refractivity contribution >= 4 is 48.4 Å². The molecule has 1 unspecified atom stereocenters. The fraction of sp³-hybridized carbons (Fsp3) is 0.438. The molecule has 0 radical (unpaired) electrons. The van der Waals surface area contributed by atoms with Gasteiger partial charge in [-0.25, -0.2) is 9.97 Å². The number of nitrogens with two attached hydrogens (primary N) is 1. The third-order valence-electron chi connectivity index (χ3n) is 7.84. The monoisotopic (exact) mass is 651 g/mol. The van der Waals surface area contributed by atoms with E-state index in [-0.39, 0.29) is 35.6 Å². The van der Waals surface area contributed by atoms with Crippen LogP contribution in [0.5, 0.6) is 0 Å². The lowest BCUT2D eigenvalue weighted by Gasteiger charge is -2.35. The number of nitrogens with zero attached hydrogens (tertiary/aromatic N) is 7. The summed E-state index contributed by atoms with van der Waals surface area (Å²) in [5.74, 6) is 0.318. The summed E-state index contributed by atoms with van der Waals surface area (Å²) in [6.45, 7) is 13.3. The lowest BCUT2D eigenvalue weighted by Crippen LogP contribution is -2.50. The highest BCUT2D eigenvalue weighted by Gasteiger charge is 2.23. The molecule has 2 amide bonds. The number of halogens is 1. The smallest absolute Gasteiger partial charge is 0.223 e. The highest BCUT2D eigenvalue weighted by molar-refractivity contribution is 7.80. The van der Waals surface area contributed by atoms with Crippen LogP contribution >= 0.6 is 25.0 Å². The molecule has 1 saturated heterocycles. The van der Waals surface area contributed by atoms with Gasteiger partial charge >= 0.3 is 0 Å². The number of nitrogen functional groups attached to an aromatic ring is 1. The van der Waals surface area contributed by atoms with Gasteiger partial charge in [-0.05, 0) is 43.8 Å². The largest absolute Gasteiger partial charge is 0.382 e. The van der Waals surface area contributed by atoms with Crippen LogP contribution in [-0.4, -0.2) is 93.8 Å². The first-order chi connectivity index (χ1) is 21.2. The van der Waals surface area contributed by atoms with Crippen molar-refractivity contribution in [1.82, 2.24) is 29.7 Å². The van der Waals surface area contributed by atoms with E-state index in [0.29, 0.717) is 41.3 Å². The molecule has 1 atom stereocenters. The molecule has 0 spiro atoms. The second-order valence-corrected chi connectivity index (χ2v) is 11.3. The molecule has 3 heterocycles. The van der Waals surface area contributed by atoms with Crippen molar-refractivity contribution in [3.8, 4) is 17.3 Å².